The van der Waals surface area contributed by atoms with Crippen LogP contribution >= 0.6 is 0 Å². The zero-order valence-corrected chi connectivity index (χ0v) is 11.4. The zero-order chi connectivity index (χ0) is 14.3. The van der Waals surface area contributed by atoms with Crippen LogP contribution in [0.5, 0.6) is 0 Å². The highest BCUT2D eigenvalue weighted by Crippen LogP contribution is 2.26. The van der Waals surface area contributed by atoms with Crippen molar-refractivity contribution in [2.24, 2.45) is 0 Å². The van der Waals surface area contributed by atoms with Crippen LogP contribution < -0.4 is 0 Å². The van der Waals surface area contributed by atoms with Gasteiger partial charge in [-0.15, -0.1) is 0 Å². The molecule has 2 aromatic rings. The molecule has 1 fully saturated rings. The van der Waals surface area contributed by atoms with E-state index in [-0.39, 0.29) is 23.0 Å². The summed E-state index contributed by atoms with van der Waals surface area (Å²) in [5, 5.41) is 13.2. The van der Waals surface area contributed by atoms with Crippen LogP contribution in [0, 0.1) is 0 Å². The summed E-state index contributed by atoms with van der Waals surface area (Å²) in [7, 11) is -3.02. The average Bonchev–Trinajstić information content (AvgIpc) is 2.80. The fraction of sp³-hybridized carbons (Fsp3) is 0.417. The number of carboxylic acid groups (broad SMARTS) is 1. The molecule has 2 aromatic heterocycles. The molecule has 3 rings (SSSR count). The third-order valence-electron chi connectivity index (χ3n) is 3.42. The van der Waals surface area contributed by atoms with Crippen LogP contribution in [-0.4, -0.2) is 45.6 Å². The highest BCUT2D eigenvalue weighted by Gasteiger charge is 2.28. The number of hydrogen-bond acceptors (Lipinski definition) is 5. The Bertz CT molecular complexity index is 781. The van der Waals surface area contributed by atoms with Gasteiger partial charge in [-0.1, -0.05) is 0 Å². The predicted octanol–water partition coefficient (Wildman–Crippen LogP) is 0.720. The highest BCUT2D eigenvalue weighted by atomic mass is 32.2. The first-order chi connectivity index (χ1) is 9.44. The van der Waals surface area contributed by atoms with Crippen molar-refractivity contribution in [3.63, 3.8) is 0 Å². The lowest BCUT2D eigenvalue weighted by Crippen LogP contribution is -2.24. The van der Waals surface area contributed by atoms with Crippen molar-refractivity contribution in [1.82, 2.24) is 14.6 Å². The molecule has 0 radical (unpaired) electrons. The van der Waals surface area contributed by atoms with Gasteiger partial charge in [-0.3, -0.25) is 0 Å². The van der Waals surface area contributed by atoms with E-state index in [9.17, 15) is 13.2 Å². The van der Waals surface area contributed by atoms with Gasteiger partial charge >= 0.3 is 5.97 Å². The molecule has 8 heteroatoms. The first kappa shape index (κ1) is 13.0. The Morgan fingerprint density at radius 3 is 2.90 bits per heavy atom. The number of hydrogen-bond donors (Lipinski definition) is 1. The molecule has 0 aliphatic carbocycles. The summed E-state index contributed by atoms with van der Waals surface area (Å²) in [6.07, 6.45) is 2.73. The third kappa shape index (κ3) is 2.38. The van der Waals surface area contributed by atoms with Gasteiger partial charge in [0.25, 0.3) is 0 Å². The number of sulfone groups is 1. The van der Waals surface area contributed by atoms with E-state index in [1.807, 2.05) is 0 Å². The monoisotopic (exact) mass is 295 g/mol. The number of aromatic carboxylic acids is 1. The van der Waals surface area contributed by atoms with E-state index in [4.69, 9.17) is 5.11 Å². The van der Waals surface area contributed by atoms with Gasteiger partial charge in [0.1, 0.15) is 0 Å². The molecule has 1 unspecified atom stereocenters. The van der Waals surface area contributed by atoms with Crippen molar-refractivity contribution in [3.05, 3.63) is 29.7 Å². The van der Waals surface area contributed by atoms with Gasteiger partial charge in [-0.2, -0.15) is 5.10 Å². The molecule has 0 amide bonds. The number of rotatable bonds is 2. The molecule has 0 aromatic carbocycles. The molecule has 0 saturated carbocycles. The Hall–Kier alpha value is -1.96. The number of carboxylic acids is 1. The number of aromatic nitrogens is 3. The highest BCUT2D eigenvalue weighted by molar-refractivity contribution is 7.91. The fourth-order valence-electron chi connectivity index (χ4n) is 2.43. The topological polar surface area (TPSA) is 102 Å². The maximum atomic E-state index is 11.7. The minimum Gasteiger partial charge on any atom is -0.478 e. The Morgan fingerprint density at radius 2 is 2.20 bits per heavy atom. The van der Waals surface area contributed by atoms with Gasteiger partial charge in [0.2, 0.25) is 0 Å². The van der Waals surface area contributed by atoms with E-state index in [1.54, 1.807) is 6.07 Å². The molecule has 20 heavy (non-hydrogen) atoms. The molecule has 0 spiro atoms. The minimum atomic E-state index is -3.02. The van der Waals surface area contributed by atoms with Crippen molar-refractivity contribution < 1.29 is 18.3 Å². The van der Waals surface area contributed by atoms with E-state index in [2.05, 4.69) is 10.1 Å². The number of carbonyl (C=O) groups is 1. The van der Waals surface area contributed by atoms with Crippen LogP contribution in [-0.2, 0) is 9.84 Å². The van der Waals surface area contributed by atoms with Crippen LogP contribution in [0.2, 0.25) is 0 Å². The maximum absolute atomic E-state index is 11.7. The fourth-order valence-corrected chi connectivity index (χ4v) is 4.13. The molecular formula is C12H13N3O4S. The van der Waals surface area contributed by atoms with Gasteiger partial charge in [0, 0.05) is 12.1 Å². The summed E-state index contributed by atoms with van der Waals surface area (Å²) in [6, 6.07) is 3.02. The molecule has 0 bridgehead atoms. The third-order valence-corrected chi connectivity index (χ3v) is 5.24. The van der Waals surface area contributed by atoms with Crippen LogP contribution in [0.3, 0.4) is 0 Å². The summed E-state index contributed by atoms with van der Waals surface area (Å²) in [6.45, 7) is 0. The van der Waals surface area contributed by atoms with Gasteiger partial charge in [-0.25, -0.2) is 22.7 Å². The normalized spacial score (nSPS) is 21.9. The Morgan fingerprint density at radius 1 is 1.40 bits per heavy atom. The van der Waals surface area contributed by atoms with Crippen molar-refractivity contribution in [2.45, 2.75) is 18.8 Å². The van der Waals surface area contributed by atoms with E-state index in [0.29, 0.717) is 17.9 Å². The molecule has 1 atom stereocenters. The van der Waals surface area contributed by atoms with Gasteiger partial charge in [0.15, 0.2) is 21.3 Å². The molecule has 1 N–H and O–H groups in total. The van der Waals surface area contributed by atoms with Crippen molar-refractivity contribution in [3.8, 4) is 0 Å². The lowest BCUT2D eigenvalue weighted by molar-refractivity contribution is 0.0696. The number of pyridine rings is 1. The predicted molar refractivity (Wildman–Crippen MR) is 70.6 cm³/mol. The Balaban J connectivity index is 1.98. The van der Waals surface area contributed by atoms with E-state index < -0.39 is 15.8 Å². The SMILES string of the molecule is O=C(O)c1ccc2nc(C3CCCS(=O)(=O)C3)nn2c1. The second kappa shape index (κ2) is 4.55. The van der Waals surface area contributed by atoms with E-state index in [1.165, 1.54) is 16.8 Å². The van der Waals surface area contributed by atoms with Crippen molar-refractivity contribution >= 4 is 21.5 Å². The van der Waals surface area contributed by atoms with Crippen LogP contribution in [0.25, 0.3) is 5.65 Å². The molecule has 3 heterocycles. The molecule has 1 aliphatic rings. The first-order valence-electron chi connectivity index (χ1n) is 6.25. The van der Waals surface area contributed by atoms with Crippen molar-refractivity contribution in [1.29, 1.82) is 0 Å². The van der Waals surface area contributed by atoms with Gasteiger partial charge < -0.3 is 5.11 Å². The molecule has 1 aliphatic heterocycles. The molecular weight excluding hydrogens is 282 g/mol. The average molecular weight is 295 g/mol. The first-order valence-corrected chi connectivity index (χ1v) is 8.07. The molecule has 7 nitrogen and oxygen atoms in total. The standard InChI is InChI=1S/C12H13N3O4S/c16-12(17)8-3-4-10-13-11(14-15(10)6-8)9-2-1-5-20(18,19)7-9/h3-4,6,9H,1-2,5,7H2,(H,16,17). The van der Waals surface area contributed by atoms with Gasteiger partial charge in [-0.05, 0) is 25.0 Å². The zero-order valence-electron chi connectivity index (χ0n) is 10.6. The summed E-state index contributed by atoms with van der Waals surface area (Å²) in [5.74, 6) is -0.489. The van der Waals surface area contributed by atoms with Crippen LogP contribution in [0.4, 0.5) is 0 Å². The lowest BCUT2D eigenvalue weighted by Gasteiger charge is -2.18. The van der Waals surface area contributed by atoms with Crippen LogP contribution in [0.15, 0.2) is 18.3 Å². The lowest BCUT2D eigenvalue weighted by atomic mass is 10.1. The second-order valence-corrected chi connectivity index (χ2v) is 7.18. The summed E-state index contributed by atoms with van der Waals surface area (Å²) in [4.78, 5) is 15.2. The number of fused-ring (bicyclic) bond motifs is 1. The van der Waals surface area contributed by atoms with Crippen LogP contribution in [0.1, 0.15) is 34.9 Å². The summed E-state index contributed by atoms with van der Waals surface area (Å²) in [5.41, 5.74) is 0.637. The Labute approximate surface area is 115 Å². The molecule has 1 saturated heterocycles. The van der Waals surface area contributed by atoms with E-state index >= 15 is 0 Å². The minimum absolute atomic E-state index is 0.0651. The van der Waals surface area contributed by atoms with Gasteiger partial charge in [0.05, 0.1) is 17.1 Å². The van der Waals surface area contributed by atoms with Crippen molar-refractivity contribution in [2.75, 3.05) is 11.5 Å². The molecule has 106 valence electrons. The van der Waals surface area contributed by atoms with E-state index in [0.717, 1.165) is 6.42 Å². The maximum Gasteiger partial charge on any atom is 0.337 e. The smallest absolute Gasteiger partial charge is 0.337 e. The number of nitrogens with zero attached hydrogens (tertiary/aromatic N) is 3. The largest absolute Gasteiger partial charge is 0.478 e. The Kier molecular flexibility index (Phi) is 2.97. The summed E-state index contributed by atoms with van der Waals surface area (Å²) >= 11 is 0. The quantitative estimate of drug-likeness (QED) is 0.876. The second-order valence-electron chi connectivity index (χ2n) is 4.95. The summed E-state index contributed by atoms with van der Waals surface area (Å²) < 4.78 is 24.7.